The molecule has 6 heteroatoms. The van der Waals surface area contributed by atoms with Crippen molar-refractivity contribution in [3.05, 3.63) is 24.5 Å². The number of fused-ring (bicyclic) bond motifs is 1. The van der Waals surface area contributed by atoms with Crippen LogP contribution >= 0.6 is 0 Å². The highest BCUT2D eigenvalue weighted by atomic mass is 16.2. The molecule has 1 unspecified atom stereocenters. The Morgan fingerprint density at radius 2 is 2.24 bits per heavy atom. The van der Waals surface area contributed by atoms with Gasteiger partial charge in [-0.1, -0.05) is 6.92 Å². The second-order valence-corrected chi connectivity index (χ2v) is 5.15. The second kappa shape index (κ2) is 5.12. The summed E-state index contributed by atoms with van der Waals surface area (Å²) in [5.74, 6) is -2.18. The van der Waals surface area contributed by atoms with Crippen LogP contribution in [-0.4, -0.2) is 34.0 Å². The zero-order valence-corrected chi connectivity index (χ0v) is 11.6. The molecule has 1 aromatic heterocycles. The van der Waals surface area contributed by atoms with Crippen LogP contribution in [0.25, 0.3) is 11.0 Å². The number of carbonyl (C=O) groups excluding carboxylic acids is 3. The topological polar surface area (TPSA) is 83.1 Å². The number of imidazole rings is 1. The van der Waals surface area contributed by atoms with Crippen LogP contribution in [0.1, 0.15) is 19.8 Å². The van der Waals surface area contributed by atoms with Gasteiger partial charge < -0.3 is 9.88 Å². The van der Waals surface area contributed by atoms with Gasteiger partial charge in [0, 0.05) is 18.7 Å². The Bertz CT molecular complexity index is 735. The summed E-state index contributed by atoms with van der Waals surface area (Å²) in [6.07, 6.45) is 2.58. The first-order valence-electron chi connectivity index (χ1n) is 6.93. The fraction of sp³-hybridized carbons (Fsp3) is 0.333. The number of ketones is 2. The SMILES string of the molecule is CCCC(=O)C1CN(c2ccc3nc[nH]c3c2)C(=O)C1=O. The van der Waals surface area contributed by atoms with Gasteiger partial charge in [0.2, 0.25) is 5.78 Å². The van der Waals surface area contributed by atoms with Crippen LogP contribution in [0.4, 0.5) is 5.69 Å². The average Bonchev–Trinajstić information content (AvgIpc) is 3.05. The summed E-state index contributed by atoms with van der Waals surface area (Å²) < 4.78 is 0. The molecule has 108 valence electrons. The van der Waals surface area contributed by atoms with Crippen LogP contribution in [-0.2, 0) is 14.4 Å². The van der Waals surface area contributed by atoms with Crippen molar-refractivity contribution in [1.82, 2.24) is 9.97 Å². The molecule has 0 spiro atoms. The molecular formula is C15H15N3O3. The molecule has 0 saturated carbocycles. The number of nitrogens with zero attached hydrogens (tertiary/aromatic N) is 2. The van der Waals surface area contributed by atoms with Crippen molar-refractivity contribution in [2.24, 2.45) is 5.92 Å². The Labute approximate surface area is 121 Å². The van der Waals surface area contributed by atoms with E-state index in [0.717, 1.165) is 11.0 Å². The molecule has 0 bridgehead atoms. The van der Waals surface area contributed by atoms with E-state index in [1.54, 1.807) is 24.5 Å². The van der Waals surface area contributed by atoms with Crippen molar-refractivity contribution in [2.75, 3.05) is 11.4 Å². The Balaban J connectivity index is 1.90. The highest BCUT2D eigenvalue weighted by Gasteiger charge is 2.43. The van der Waals surface area contributed by atoms with Gasteiger partial charge in [-0.2, -0.15) is 0 Å². The maximum absolute atomic E-state index is 12.1. The quantitative estimate of drug-likeness (QED) is 0.681. The number of amides is 1. The Hall–Kier alpha value is -2.50. The van der Waals surface area contributed by atoms with Crippen LogP contribution in [0.2, 0.25) is 0 Å². The summed E-state index contributed by atoms with van der Waals surface area (Å²) in [5, 5.41) is 0. The van der Waals surface area contributed by atoms with Gasteiger partial charge in [0.25, 0.3) is 5.91 Å². The lowest BCUT2D eigenvalue weighted by Crippen LogP contribution is -2.26. The van der Waals surface area contributed by atoms with E-state index in [9.17, 15) is 14.4 Å². The molecule has 1 aromatic carbocycles. The van der Waals surface area contributed by atoms with E-state index in [-0.39, 0.29) is 12.3 Å². The third-order valence-electron chi connectivity index (χ3n) is 3.74. The molecule has 2 aromatic rings. The molecule has 1 N–H and O–H groups in total. The van der Waals surface area contributed by atoms with E-state index >= 15 is 0 Å². The molecular weight excluding hydrogens is 270 g/mol. The van der Waals surface area contributed by atoms with Gasteiger partial charge in [-0.3, -0.25) is 14.4 Å². The van der Waals surface area contributed by atoms with E-state index in [0.29, 0.717) is 18.5 Å². The summed E-state index contributed by atoms with van der Waals surface area (Å²) in [4.78, 5) is 44.5. The number of rotatable bonds is 4. The number of Topliss-reactive ketones (excluding diaryl/α,β-unsaturated/α-hetero) is 2. The normalized spacial score (nSPS) is 18.7. The van der Waals surface area contributed by atoms with Crippen molar-refractivity contribution >= 4 is 34.2 Å². The van der Waals surface area contributed by atoms with E-state index in [4.69, 9.17) is 0 Å². The van der Waals surface area contributed by atoms with Gasteiger partial charge in [0.15, 0.2) is 0 Å². The highest BCUT2D eigenvalue weighted by Crippen LogP contribution is 2.26. The third kappa shape index (κ3) is 2.22. The summed E-state index contributed by atoms with van der Waals surface area (Å²) in [7, 11) is 0. The lowest BCUT2D eigenvalue weighted by atomic mass is 9.99. The third-order valence-corrected chi connectivity index (χ3v) is 3.74. The summed E-state index contributed by atoms with van der Waals surface area (Å²) >= 11 is 0. The maximum Gasteiger partial charge on any atom is 0.295 e. The molecule has 3 rings (SSSR count). The van der Waals surface area contributed by atoms with Gasteiger partial charge in [-0.25, -0.2) is 4.98 Å². The van der Waals surface area contributed by atoms with Gasteiger partial charge >= 0.3 is 0 Å². The first kappa shape index (κ1) is 13.5. The number of aromatic amines is 1. The van der Waals surface area contributed by atoms with Crippen molar-refractivity contribution < 1.29 is 14.4 Å². The van der Waals surface area contributed by atoms with Crippen molar-refractivity contribution in [2.45, 2.75) is 19.8 Å². The number of benzene rings is 1. The summed E-state index contributed by atoms with van der Waals surface area (Å²) in [6, 6.07) is 5.28. The van der Waals surface area contributed by atoms with Gasteiger partial charge in [0.1, 0.15) is 11.7 Å². The van der Waals surface area contributed by atoms with Crippen LogP contribution < -0.4 is 4.90 Å². The summed E-state index contributed by atoms with van der Waals surface area (Å²) in [6.45, 7) is 2.01. The van der Waals surface area contributed by atoms with Crippen LogP contribution in [0.3, 0.4) is 0 Å². The van der Waals surface area contributed by atoms with E-state index in [1.807, 2.05) is 6.92 Å². The zero-order valence-electron chi connectivity index (χ0n) is 11.6. The standard InChI is InChI=1S/C15H15N3O3/c1-2-3-13(19)10-7-18(15(21)14(10)20)9-4-5-11-12(6-9)17-8-16-11/h4-6,8,10H,2-3,7H2,1H3,(H,16,17). The number of hydrogen-bond acceptors (Lipinski definition) is 4. The molecule has 21 heavy (non-hydrogen) atoms. The van der Waals surface area contributed by atoms with Gasteiger partial charge in [0.05, 0.1) is 17.4 Å². The van der Waals surface area contributed by atoms with Gasteiger partial charge in [-0.05, 0) is 24.6 Å². The fourth-order valence-electron chi connectivity index (χ4n) is 2.61. The Kier molecular flexibility index (Phi) is 3.29. The molecule has 1 fully saturated rings. The number of anilines is 1. The number of carbonyl (C=O) groups is 3. The Morgan fingerprint density at radius 1 is 1.43 bits per heavy atom. The molecule has 1 amide bonds. The predicted octanol–water partition coefficient (Wildman–Crippen LogP) is 1.46. The molecule has 1 aliphatic rings. The first-order valence-corrected chi connectivity index (χ1v) is 6.93. The van der Waals surface area contributed by atoms with Gasteiger partial charge in [-0.15, -0.1) is 0 Å². The van der Waals surface area contributed by atoms with E-state index in [1.165, 1.54) is 4.90 Å². The zero-order chi connectivity index (χ0) is 15.0. The minimum absolute atomic E-state index is 0.135. The van der Waals surface area contributed by atoms with E-state index in [2.05, 4.69) is 9.97 Å². The minimum atomic E-state index is -0.824. The number of hydrogen-bond donors (Lipinski definition) is 1. The largest absolute Gasteiger partial charge is 0.345 e. The van der Waals surface area contributed by atoms with Crippen molar-refractivity contribution in [3.8, 4) is 0 Å². The first-order chi connectivity index (χ1) is 10.1. The number of H-pyrrole nitrogens is 1. The molecule has 1 atom stereocenters. The Morgan fingerprint density at radius 3 is 3.00 bits per heavy atom. The maximum atomic E-state index is 12.1. The lowest BCUT2D eigenvalue weighted by molar-refractivity contribution is -0.138. The fourth-order valence-corrected chi connectivity index (χ4v) is 2.61. The van der Waals surface area contributed by atoms with Crippen molar-refractivity contribution in [1.29, 1.82) is 0 Å². The van der Waals surface area contributed by atoms with Crippen LogP contribution in [0, 0.1) is 5.92 Å². The second-order valence-electron chi connectivity index (χ2n) is 5.15. The summed E-state index contributed by atoms with van der Waals surface area (Å²) in [5.41, 5.74) is 2.18. The number of aromatic nitrogens is 2. The molecule has 1 aliphatic heterocycles. The highest BCUT2D eigenvalue weighted by molar-refractivity contribution is 6.47. The molecule has 1 saturated heterocycles. The monoisotopic (exact) mass is 285 g/mol. The van der Waals surface area contributed by atoms with Crippen LogP contribution in [0.5, 0.6) is 0 Å². The molecule has 6 nitrogen and oxygen atoms in total. The van der Waals surface area contributed by atoms with Crippen molar-refractivity contribution in [3.63, 3.8) is 0 Å². The smallest absolute Gasteiger partial charge is 0.295 e. The van der Waals surface area contributed by atoms with E-state index < -0.39 is 17.6 Å². The molecule has 0 radical (unpaired) electrons. The molecule has 2 heterocycles. The average molecular weight is 285 g/mol. The van der Waals surface area contributed by atoms with Crippen LogP contribution in [0.15, 0.2) is 24.5 Å². The lowest BCUT2D eigenvalue weighted by Gasteiger charge is -2.15. The number of nitrogens with one attached hydrogen (secondary N) is 1. The minimum Gasteiger partial charge on any atom is -0.345 e. The predicted molar refractivity (Wildman–Crippen MR) is 76.9 cm³/mol. The molecule has 0 aliphatic carbocycles.